The Balaban J connectivity index is 1.40. The van der Waals surface area contributed by atoms with Gasteiger partial charge in [0.25, 0.3) is 0 Å². The lowest BCUT2D eigenvalue weighted by Gasteiger charge is -2.11. The van der Waals surface area contributed by atoms with Crippen LogP contribution in [-0.2, 0) is 0 Å². The van der Waals surface area contributed by atoms with Crippen molar-refractivity contribution in [1.82, 2.24) is 23.9 Å². The van der Waals surface area contributed by atoms with Gasteiger partial charge in [-0.05, 0) is 58.8 Å². The number of nitrogens with zero attached hydrogens (tertiary/aromatic N) is 6. The molecule has 48 heavy (non-hydrogen) atoms. The zero-order chi connectivity index (χ0) is 31.5. The Labute approximate surface area is 272 Å². The lowest BCUT2D eigenvalue weighted by atomic mass is 9.99. The summed E-state index contributed by atoms with van der Waals surface area (Å²) in [4.78, 5) is 18.9. The maximum absolute atomic E-state index is 7.64. The van der Waals surface area contributed by atoms with Crippen molar-refractivity contribution in [3.63, 3.8) is 0 Å². The topological polar surface area (TPSA) is 52.4 Å². The first-order chi connectivity index (χ1) is 23.8. The van der Waals surface area contributed by atoms with Crippen LogP contribution >= 0.6 is 0 Å². The zero-order valence-corrected chi connectivity index (χ0v) is 25.4. The predicted octanol–water partition coefficient (Wildman–Crippen LogP) is 10.6. The summed E-state index contributed by atoms with van der Waals surface area (Å²) in [6.45, 7) is 7.64. The minimum atomic E-state index is 0.556. The average molecular weight is 611 g/mol. The summed E-state index contributed by atoms with van der Waals surface area (Å²) < 4.78 is 4.67. The molecule has 0 N–H and O–H groups in total. The van der Waals surface area contributed by atoms with Gasteiger partial charge in [-0.2, -0.15) is 0 Å². The SMILES string of the molecule is [C-]#[N+]c1cccc(-c2nc(-n3c4ccc5ccccc5c4c4c5c6ccccc6n6c7ccccc7c(cc43)c56)nc3cccnc23)c1. The van der Waals surface area contributed by atoms with Gasteiger partial charge in [0.05, 0.1) is 39.7 Å². The fourth-order valence-corrected chi connectivity index (χ4v) is 7.97. The van der Waals surface area contributed by atoms with Gasteiger partial charge in [-0.25, -0.2) is 14.8 Å². The smallest absolute Gasteiger partial charge is 0.235 e. The van der Waals surface area contributed by atoms with E-state index in [1.165, 1.54) is 59.6 Å². The summed E-state index contributed by atoms with van der Waals surface area (Å²) in [5.41, 5.74) is 9.25. The van der Waals surface area contributed by atoms with Crippen molar-refractivity contribution in [3.8, 4) is 17.2 Å². The van der Waals surface area contributed by atoms with Crippen LogP contribution in [0, 0.1) is 6.57 Å². The molecule has 6 heteroatoms. The molecule has 6 aromatic carbocycles. The van der Waals surface area contributed by atoms with Crippen LogP contribution in [0.5, 0.6) is 0 Å². The normalized spacial score (nSPS) is 12.1. The second-order valence-electron chi connectivity index (χ2n) is 12.3. The van der Waals surface area contributed by atoms with Crippen LogP contribution in [0.3, 0.4) is 0 Å². The summed E-state index contributed by atoms with van der Waals surface area (Å²) in [5.74, 6) is 0.565. The van der Waals surface area contributed by atoms with Crippen molar-refractivity contribution in [2.24, 2.45) is 0 Å². The van der Waals surface area contributed by atoms with Crippen molar-refractivity contribution in [2.45, 2.75) is 0 Å². The van der Waals surface area contributed by atoms with E-state index in [0.29, 0.717) is 22.8 Å². The highest BCUT2D eigenvalue weighted by molar-refractivity contribution is 6.38. The van der Waals surface area contributed by atoms with Gasteiger partial charge in [-0.15, -0.1) is 0 Å². The molecule has 0 radical (unpaired) electrons. The quantitative estimate of drug-likeness (QED) is 0.183. The van der Waals surface area contributed by atoms with Crippen molar-refractivity contribution < 1.29 is 0 Å². The molecule has 0 saturated carbocycles. The highest BCUT2D eigenvalue weighted by Gasteiger charge is 2.26. The minimum absolute atomic E-state index is 0.556. The molecule has 0 fully saturated rings. The number of pyridine rings is 1. The number of hydrogen-bond acceptors (Lipinski definition) is 3. The molecule has 6 nitrogen and oxygen atoms in total. The Kier molecular flexibility index (Phi) is 4.82. The summed E-state index contributed by atoms with van der Waals surface area (Å²) >= 11 is 0. The fraction of sp³-hybridized carbons (Fsp3) is 0. The molecular formula is C42H22N6. The zero-order valence-electron chi connectivity index (χ0n) is 25.4. The van der Waals surface area contributed by atoms with Crippen LogP contribution in [0.15, 0.2) is 134 Å². The Morgan fingerprint density at radius 3 is 2.23 bits per heavy atom. The van der Waals surface area contributed by atoms with Crippen molar-refractivity contribution >= 4 is 87.4 Å². The summed E-state index contributed by atoms with van der Waals surface area (Å²) in [7, 11) is 0. The van der Waals surface area contributed by atoms with Gasteiger partial charge in [0, 0.05) is 38.5 Å². The van der Waals surface area contributed by atoms with Gasteiger partial charge < -0.3 is 4.40 Å². The lowest BCUT2D eigenvalue weighted by Crippen LogP contribution is -2.04. The van der Waals surface area contributed by atoms with Crippen LogP contribution in [0.2, 0.25) is 0 Å². The monoisotopic (exact) mass is 610 g/mol. The van der Waals surface area contributed by atoms with Crippen LogP contribution < -0.4 is 0 Å². The van der Waals surface area contributed by atoms with Crippen LogP contribution in [0.1, 0.15) is 0 Å². The summed E-state index contributed by atoms with van der Waals surface area (Å²) in [5, 5.41) is 9.62. The summed E-state index contributed by atoms with van der Waals surface area (Å²) in [6.07, 6.45) is 1.77. The Bertz CT molecular complexity index is 3200. The van der Waals surface area contributed by atoms with E-state index in [9.17, 15) is 0 Å². The molecule has 0 aliphatic heterocycles. The van der Waals surface area contributed by atoms with Crippen LogP contribution in [0.25, 0.3) is 104 Å². The molecule has 0 aliphatic rings. The minimum Gasteiger partial charge on any atom is -0.308 e. The lowest BCUT2D eigenvalue weighted by molar-refractivity contribution is 1.01. The maximum Gasteiger partial charge on any atom is 0.235 e. The molecule has 0 spiro atoms. The van der Waals surface area contributed by atoms with Crippen LogP contribution in [-0.4, -0.2) is 23.9 Å². The third-order valence-corrected chi connectivity index (χ3v) is 9.88. The maximum atomic E-state index is 7.64. The van der Waals surface area contributed by atoms with E-state index < -0.39 is 0 Å². The van der Waals surface area contributed by atoms with Gasteiger partial charge >= 0.3 is 0 Å². The third-order valence-electron chi connectivity index (χ3n) is 9.88. The molecule has 0 amide bonds. The predicted molar refractivity (Wildman–Crippen MR) is 196 cm³/mol. The third kappa shape index (κ3) is 3.17. The molecule has 0 bridgehead atoms. The average Bonchev–Trinajstić information content (AvgIpc) is 3.79. The molecule has 11 rings (SSSR count). The number of para-hydroxylation sites is 2. The molecule has 5 heterocycles. The van der Waals surface area contributed by atoms with Crippen molar-refractivity contribution in [2.75, 3.05) is 0 Å². The molecular weight excluding hydrogens is 589 g/mol. The van der Waals surface area contributed by atoms with E-state index in [2.05, 4.69) is 105 Å². The number of benzene rings is 6. The standard InChI is InChI=1S/C42H22N6/c1-43-26-12-8-11-25(22-26)39-40-31(16-9-21-44-40)45-42(46-39)48-34-20-19-24-10-2-3-13-27(24)36(34)38-35(48)23-30-28-14-4-6-17-32(28)47-33-18-7-5-15-29(33)37(38)41(30)47/h2-23H. The highest BCUT2D eigenvalue weighted by Crippen LogP contribution is 2.48. The summed E-state index contributed by atoms with van der Waals surface area (Å²) in [6, 6.07) is 44.3. The second kappa shape index (κ2) is 9.12. The molecule has 5 aromatic heterocycles. The molecule has 220 valence electrons. The fourth-order valence-electron chi connectivity index (χ4n) is 7.97. The van der Waals surface area contributed by atoms with Crippen molar-refractivity contribution in [1.29, 1.82) is 0 Å². The van der Waals surface area contributed by atoms with E-state index in [4.69, 9.17) is 21.5 Å². The van der Waals surface area contributed by atoms with E-state index >= 15 is 0 Å². The first-order valence-electron chi connectivity index (χ1n) is 15.9. The van der Waals surface area contributed by atoms with Gasteiger partial charge in [-0.3, -0.25) is 9.55 Å². The number of hydrogen-bond donors (Lipinski definition) is 0. The molecule has 0 unspecified atom stereocenters. The van der Waals surface area contributed by atoms with Gasteiger partial charge in [-0.1, -0.05) is 84.9 Å². The van der Waals surface area contributed by atoms with E-state index in [0.717, 1.165) is 22.1 Å². The first-order valence-corrected chi connectivity index (χ1v) is 15.9. The van der Waals surface area contributed by atoms with Gasteiger partial charge in [0.15, 0.2) is 5.69 Å². The Morgan fingerprint density at radius 2 is 1.35 bits per heavy atom. The van der Waals surface area contributed by atoms with Gasteiger partial charge in [0.2, 0.25) is 5.95 Å². The Morgan fingerprint density at radius 1 is 0.562 bits per heavy atom. The molecule has 0 saturated heterocycles. The first kappa shape index (κ1) is 25.4. The van der Waals surface area contributed by atoms with E-state index in [1.807, 2.05) is 36.4 Å². The van der Waals surface area contributed by atoms with Crippen molar-refractivity contribution in [3.05, 3.63) is 145 Å². The number of rotatable bonds is 2. The molecule has 11 aromatic rings. The largest absolute Gasteiger partial charge is 0.308 e. The highest BCUT2D eigenvalue weighted by atomic mass is 15.2. The molecule has 0 aliphatic carbocycles. The second-order valence-corrected chi connectivity index (χ2v) is 12.3. The number of fused-ring (bicyclic) bond motifs is 13. The van der Waals surface area contributed by atoms with E-state index in [1.54, 1.807) is 6.20 Å². The number of aromatic nitrogens is 5. The van der Waals surface area contributed by atoms with E-state index in [-0.39, 0.29) is 0 Å². The Hall–Kier alpha value is -6.84. The molecule has 0 atom stereocenters. The van der Waals surface area contributed by atoms with Crippen LogP contribution in [0.4, 0.5) is 5.69 Å². The van der Waals surface area contributed by atoms with Gasteiger partial charge in [0.1, 0.15) is 11.2 Å².